The zero-order chi connectivity index (χ0) is 16.1. The van der Waals surface area contributed by atoms with Gasteiger partial charge in [-0.25, -0.2) is 0 Å². The van der Waals surface area contributed by atoms with E-state index < -0.39 is 6.10 Å². The Balaban J connectivity index is 2.28. The van der Waals surface area contributed by atoms with Crippen molar-refractivity contribution in [2.24, 2.45) is 5.73 Å². The molecule has 0 bridgehead atoms. The van der Waals surface area contributed by atoms with E-state index in [4.69, 9.17) is 10.5 Å². The quantitative estimate of drug-likeness (QED) is 0.780. The summed E-state index contributed by atoms with van der Waals surface area (Å²) in [4.78, 5) is 14.3. The molecule has 0 aromatic heterocycles. The predicted molar refractivity (Wildman–Crippen MR) is 90.2 cm³/mol. The lowest BCUT2D eigenvalue weighted by atomic mass is 10.0. The summed E-state index contributed by atoms with van der Waals surface area (Å²) < 4.78 is 5.74. The lowest BCUT2D eigenvalue weighted by Gasteiger charge is -2.33. The highest BCUT2D eigenvalue weighted by atomic mass is 16.5. The fourth-order valence-corrected chi connectivity index (χ4v) is 2.88. The molecule has 1 heterocycles. The number of carbonyl (C=O) groups is 1. The number of nitrogens with zero attached hydrogens (tertiary/aromatic N) is 1. The van der Waals surface area contributed by atoms with Crippen molar-refractivity contribution in [2.75, 3.05) is 11.4 Å². The van der Waals surface area contributed by atoms with Gasteiger partial charge in [0.25, 0.3) is 5.91 Å². The van der Waals surface area contributed by atoms with Gasteiger partial charge in [0.1, 0.15) is 5.75 Å². The number of amides is 1. The third-order valence-electron chi connectivity index (χ3n) is 4.20. The van der Waals surface area contributed by atoms with Gasteiger partial charge < -0.3 is 15.4 Å². The van der Waals surface area contributed by atoms with Gasteiger partial charge >= 0.3 is 0 Å². The van der Waals surface area contributed by atoms with E-state index in [9.17, 15) is 4.79 Å². The number of ether oxygens (including phenoxy) is 1. The van der Waals surface area contributed by atoms with Crippen LogP contribution in [0.3, 0.4) is 0 Å². The lowest BCUT2D eigenvalue weighted by molar-refractivity contribution is -0.125. The zero-order valence-corrected chi connectivity index (χ0v) is 14.0. The number of nitrogens with two attached hydrogens (primary N) is 1. The summed E-state index contributed by atoms with van der Waals surface area (Å²) in [5.41, 5.74) is 8.18. The molecule has 122 valence electrons. The van der Waals surface area contributed by atoms with Crippen LogP contribution >= 0.6 is 0 Å². The lowest BCUT2D eigenvalue weighted by Crippen LogP contribution is -2.45. The van der Waals surface area contributed by atoms with E-state index in [2.05, 4.69) is 13.8 Å². The standard InChI is InChI=1S/C18H28N2O2/c1-4-6-7-11-20-16-12-14(15(19)8-5-2)9-10-17(16)22-13(3)18(20)21/h9-10,12-13,15H,4-8,11,19H2,1-3H3. The molecule has 22 heavy (non-hydrogen) atoms. The molecule has 1 aliphatic rings. The Bertz CT molecular complexity index is 516. The van der Waals surface area contributed by atoms with Crippen molar-refractivity contribution in [3.63, 3.8) is 0 Å². The molecule has 2 atom stereocenters. The number of hydrogen-bond acceptors (Lipinski definition) is 3. The Morgan fingerprint density at radius 3 is 2.73 bits per heavy atom. The molecule has 1 aromatic carbocycles. The SMILES string of the molecule is CCCCCN1C(=O)C(C)Oc2ccc(C(N)CCC)cc21. The van der Waals surface area contributed by atoms with E-state index in [-0.39, 0.29) is 11.9 Å². The van der Waals surface area contributed by atoms with Crippen LogP contribution in [0.4, 0.5) is 5.69 Å². The first-order chi connectivity index (χ1) is 10.6. The van der Waals surface area contributed by atoms with Crippen LogP contribution in [-0.2, 0) is 4.79 Å². The number of hydrogen-bond donors (Lipinski definition) is 1. The third-order valence-corrected chi connectivity index (χ3v) is 4.20. The average molecular weight is 304 g/mol. The van der Waals surface area contributed by atoms with Gasteiger partial charge in [0.2, 0.25) is 0 Å². The van der Waals surface area contributed by atoms with E-state index in [1.54, 1.807) is 0 Å². The Kier molecular flexibility index (Phi) is 5.83. The van der Waals surface area contributed by atoms with Crippen LogP contribution in [0.2, 0.25) is 0 Å². The monoisotopic (exact) mass is 304 g/mol. The van der Waals surface area contributed by atoms with Gasteiger partial charge in [0.05, 0.1) is 5.69 Å². The van der Waals surface area contributed by atoms with Crippen LogP contribution in [0.5, 0.6) is 5.75 Å². The first kappa shape index (κ1) is 16.8. The molecule has 4 nitrogen and oxygen atoms in total. The van der Waals surface area contributed by atoms with Crippen molar-refractivity contribution in [1.82, 2.24) is 0 Å². The molecule has 0 fully saturated rings. The summed E-state index contributed by atoms with van der Waals surface area (Å²) in [6.07, 6.45) is 4.86. The second-order valence-corrected chi connectivity index (χ2v) is 6.08. The highest BCUT2D eigenvalue weighted by Crippen LogP contribution is 2.36. The van der Waals surface area contributed by atoms with Crippen molar-refractivity contribution in [2.45, 2.75) is 65.0 Å². The highest BCUT2D eigenvalue weighted by Gasteiger charge is 2.31. The molecule has 0 saturated heterocycles. The maximum Gasteiger partial charge on any atom is 0.267 e. The number of benzene rings is 1. The first-order valence-corrected chi connectivity index (χ1v) is 8.46. The van der Waals surface area contributed by atoms with Crippen molar-refractivity contribution in [3.8, 4) is 5.75 Å². The molecule has 0 spiro atoms. The van der Waals surface area contributed by atoms with Crippen LogP contribution in [0.25, 0.3) is 0 Å². The maximum absolute atomic E-state index is 12.5. The fraction of sp³-hybridized carbons (Fsp3) is 0.611. The minimum Gasteiger partial charge on any atom is -0.479 e. The Morgan fingerprint density at radius 1 is 1.27 bits per heavy atom. The molecule has 1 aromatic rings. The van der Waals surface area contributed by atoms with Crippen molar-refractivity contribution < 1.29 is 9.53 Å². The van der Waals surface area contributed by atoms with E-state index in [1.807, 2.05) is 30.0 Å². The zero-order valence-electron chi connectivity index (χ0n) is 14.0. The van der Waals surface area contributed by atoms with E-state index in [1.165, 1.54) is 0 Å². The molecule has 1 amide bonds. The van der Waals surface area contributed by atoms with Crippen molar-refractivity contribution in [3.05, 3.63) is 23.8 Å². The predicted octanol–water partition coefficient (Wildman–Crippen LogP) is 3.79. The number of carbonyl (C=O) groups excluding carboxylic acids is 1. The van der Waals surface area contributed by atoms with Gasteiger partial charge in [-0.15, -0.1) is 0 Å². The van der Waals surface area contributed by atoms with Crippen LogP contribution in [0, 0.1) is 0 Å². The molecule has 2 unspecified atom stereocenters. The van der Waals surface area contributed by atoms with Gasteiger partial charge in [-0.05, 0) is 37.5 Å². The molecule has 0 saturated carbocycles. The molecule has 0 radical (unpaired) electrons. The largest absolute Gasteiger partial charge is 0.479 e. The van der Waals surface area contributed by atoms with Gasteiger partial charge in [-0.2, -0.15) is 0 Å². The molecule has 2 rings (SSSR count). The van der Waals surface area contributed by atoms with Crippen molar-refractivity contribution >= 4 is 11.6 Å². The van der Waals surface area contributed by atoms with Crippen LogP contribution in [0.15, 0.2) is 18.2 Å². The normalized spacial score (nSPS) is 18.8. The Hall–Kier alpha value is -1.55. The number of rotatable bonds is 7. The van der Waals surface area contributed by atoms with Crippen LogP contribution in [0.1, 0.15) is 64.5 Å². The Morgan fingerprint density at radius 2 is 2.05 bits per heavy atom. The van der Waals surface area contributed by atoms with Gasteiger partial charge in [0, 0.05) is 12.6 Å². The topological polar surface area (TPSA) is 55.6 Å². The summed E-state index contributed by atoms with van der Waals surface area (Å²) in [6.45, 7) is 6.86. The van der Waals surface area contributed by atoms with E-state index >= 15 is 0 Å². The first-order valence-electron chi connectivity index (χ1n) is 8.46. The molecule has 0 aliphatic carbocycles. The molecular formula is C18H28N2O2. The van der Waals surface area contributed by atoms with Crippen LogP contribution in [-0.4, -0.2) is 18.6 Å². The number of unbranched alkanes of at least 4 members (excludes halogenated alkanes) is 2. The summed E-state index contributed by atoms with van der Waals surface area (Å²) in [5.74, 6) is 0.834. The van der Waals surface area contributed by atoms with Gasteiger partial charge in [0.15, 0.2) is 6.10 Å². The third kappa shape index (κ3) is 3.61. The molecule has 4 heteroatoms. The maximum atomic E-state index is 12.5. The summed E-state index contributed by atoms with van der Waals surface area (Å²) >= 11 is 0. The molecule has 1 aliphatic heterocycles. The van der Waals surface area contributed by atoms with E-state index in [0.29, 0.717) is 0 Å². The Labute approximate surface area is 133 Å². The molecule has 2 N–H and O–H groups in total. The molecular weight excluding hydrogens is 276 g/mol. The van der Waals surface area contributed by atoms with Gasteiger partial charge in [-0.3, -0.25) is 4.79 Å². The fourth-order valence-electron chi connectivity index (χ4n) is 2.88. The smallest absolute Gasteiger partial charge is 0.267 e. The number of anilines is 1. The van der Waals surface area contributed by atoms with E-state index in [0.717, 1.165) is 55.6 Å². The van der Waals surface area contributed by atoms with Gasteiger partial charge in [-0.1, -0.05) is 39.2 Å². The second-order valence-electron chi connectivity index (χ2n) is 6.08. The summed E-state index contributed by atoms with van der Waals surface area (Å²) in [7, 11) is 0. The highest BCUT2D eigenvalue weighted by molar-refractivity contribution is 5.99. The summed E-state index contributed by atoms with van der Waals surface area (Å²) in [6, 6.07) is 6.02. The average Bonchev–Trinajstić information content (AvgIpc) is 2.51. The second kappa shape index (κ2) is 7.63. The minimum atomic E-state index is -0.413. The summed E-state index contributed by atoms with van der Waals surface area (Å²) in [5, 5.41) is 0. The number of fused-ring (bicyclic) bond motifs is 1. The van der Waals surface area contributed by atoms with Crippen LogP contribution < -0.4 is 15.4 Å². The van der Waals surface area contributed by atoms with Crippen molar-refractivity contribution in [1.29, 1.82) is 0 Å². The minimum absolute atomic E-state index is 0.0160.